The number of amides is 4. The normalized spacial score (nSPS) is 21.1. The molecule has 0 unspecified atom stereocenters. The fourth-order valence-corrected chi connectivity index (χ4v) is 8.21. The number of rotatable bonds is 14. The summed E-state index contributed by atoms with van der Waals surface area (Å²) in [4.78, 5) is 59.9. The van der Waals surface area contributed by atoms with Crippen LogP contribution in [0.4, 0.5) is 0 Å². The zero-order chi connectivity index (χ0) is 38.3. The Morgan fingerprint density at radius 1 is 0.943 bits per heavy atom. The molecule has 5 rings (SSSR count). The van der Waals surface area contributed by atoms with E-state index in [1.165, 1.54) is 6.07 Å². The van der Waals surface area contributed by atoms with Gasteiger partial charge in [-0.3, -0.25) is 28.3 Å². The molecule has 286 valence electrons. The number of carbonyl (C=O) groups excluding carboxylic acids is 4. The van der Waals surface area contributed by atoms with Crippen LogP contribution in [-0.4, -0.2) is 91.0 Å². The number of hydrogen-bond acceptors (Lipinski definition) is 9. The molecule has 3 aromatic rings. The second kappa shape index (κ2) is 17.2. The number of nitrogens with two attached hydrogens (primary N) is 1. The van der Waals surface area contributed by atoms with Crippen LogP contribution in [0.3, 0.4) is 0 Å². The van der Waals surface area contributed by atoms with Gasteiger partial charge in [0.05, 0.1) is 30.3 Å². The summed E-state index contributed by atoms with van der Waals surface area (Å²) < 4.78 is 31.5. The van der Waals surface area contributed by atoms with Crippen LogP contribution in [0.5, 0.6) is 0 Å². The molecule has 13 nitrogen and oxygen atoms in total. The van der Waals surface area contributed by atoms with Gasteiger partial charge in [-0.25, -0.2) is 4.98 Å². The van der Waals surface area contributed by atoms with Gasteiger partial charge in [0.25, 0.3) is 16.0 Å². The molecule has 5 N–H and O–H groups in total. The van der Waals surface area contributed by atoms with Crippen molar-refractivity contribution in [2.24, 2.45) is 17.6 Å². The van der Waals surface area contributed by atoms with Crippen LogP contribution >= 0.6 is 0 Å². The van der Waals surface area contributed by atoms with Gasteiger partial charge >= 0.3 is 0 Å². The summed E-state index contributed by atoms with van der Waals surface area (Å²) in [6.07, 6.45) is 4.30. The van der Waals surface area contributed by atoms with Gasteiger partial charge in [-0.2, -0.15) is 8.42 Å². The fraction of sp³-hybridized carbons (Fsp3) is 0.513. The number of nitrogens with zero attached hydrogens (tertiary/aromatic N) is 2. The Hall–Kier alpha value is -4.40. The zero-order valence-electron chi connectivity index (χ0n) is 30.9. The Balaban J connectivity index is 1.45. The van der Waals surface area contributed by atoms with Gasteiger partial charge in [0.1, 0.15) is 17.8 Å². The molecule has 2 heterocycles. The van der Waals surface area contributed by atoms with Crippen LogP contribution in [-0.2, 0) is 35.1 Å². The first-order valence-corrected chi connectivity index (χ1v) is 20.1. The number of likely N-dealkylation sites (tertiary alicyclic amines) is 1. The maximum Gasteiger partial charge on any atom is 0.270 e. The topological polar surface area (TPSA) is 190 Å². The lowest BCUT2D eigenvalue weighted by Gasteiger charge is -2.47. The van der Waals surface area contributed by atoms with Gasteiger partial charge in [-0.15, -0.1) is 0 Å². The maximum atomic E-state index is 14.1. The van der Waals surface area contributed by atoms with Gasteiger partial charge in [0, 0.05) is 24.0 Å². The van der Waals surface area contributed by atoms with Crippen molar-refractivity contribution in [2.45, 2.75) is 95.5 Å². The van der Waals surface area contributed by atoms with E-state index in [2.05, 4.69) is 20.9 Å². The second-order valence-corrected chi connectivity index (χ2v) is 17.1. The van der Waals surface area contributed by atoms with Crippen LogP contribution in [0, 0.1) is 11.8 Å². The van der Waals surface area contributed by atoms with Crippen molar-refractivity contribution in [2.75, 3.05) is 19.3 Å². The molecule has 2 aromatic carbocycles. The van der Waals surface area contributed by atoms with Crippen molar-refractivity contribution in [3.63, 3.8) is 0 Å². The summed E-state index contributed by atoms with van der Waals surface area (Å²) in [6.45, 7) is 6.34. The number of nitrogens with one attached hydrogen (secondary N) is 3. The first kappa shape index (κ1) is 39.8. The number of benzene rings is 2. The van der Waals surface area contributed by atoms with E-state index in [1.807, 2.05) is 68.1 Å². The van der Waals surface area contributed by atoms with Gasteiger partial charge < -0.3 is 21.7 Å². The lowest BCUT2D eigenvalue weighted by Crippen LogP contribution is -2.61. The van der Waals surface area contributed by atoms with Crippen molar-refractivity contribution >= 4 is 44.6 Å². The summed E-state index contributed by atoms with van der Waals surface area (Å²) in [5.74, 6) is -1.71. The minimum absolute atomic E-state index is 0.0180. The van der Waals surface area contributed by atoms with E-state index in [0.717, 1.165) is 42.9 Å². The summed E-state index contributed by atoms with van der Waals surface area (Å²) in [5.41, 5.74) is 6.46. The van der Waals surface area contributed by atoms with Crippen molar-refractivity contribution in [3.05, 3.63) is 78.0 Å². The molecule has 14 heteroatoms. The Kier molecular flexibility index (Phi) is 12.9. The Bertz CT molecular complexity index is 1880. The smallest absolute Gasteiger partial charge is 0.270 e. The lowest BCUT2D eigenvalue weighted by molar-refractivity contribution is -0.133. The molecule has 2 aliphatic rings. The molecule has 1 saturated heterocycles. The van der Waals surface area contributed by atoms with E-state index in [-0.39, 0.29) is 24.6 Å². The number of pyridine rings is 1. The molecule has 2 fully saturated rings. The molecule has 53 heavy (non-hydrogen) atoms. The van der Waals surface area contributed by atoms with E-state index < -0.39 is 64.0 Å². The third-order valence-corrected chi connectivity index (χ3v) is 10.5. The van der Waals surface area contributed by atoms with Crippen molar-refractivity contribution < 1.29 is 31.8 Å². The highest BCUT2D eigenvalue weighted by molar-refractivity contribution is 7.86. The average Bonchev–Trinajstić information content (AvgIpc) is 3.09. The minimum Gasteiger partial charge on any atom is -0.370 e. The van der Waals surface area contributed by atoms with Gasteiger partial charge in [0.2, 0.25) is 17.7 Å². The van der Waals surface area contributed by atoms with Crippen LogP contribution in [0.1, 0.15) is 75.3 Å². The van der Waals surface area contributed by atoms with Crippen molar-refractivity contribution in [3.8, 4) is 0 Å². The number of para-hydroxylation sites is 1. The lowest BCUT2D eigenvalue weighted by atomic mass is 9.72. The quantitative estimate of drug-likeness (QED) is 0.180. The van der Waals surface area contributed by atoms with Crippen molar-refractivity contribution in [1.82, 2.24) is 25.8 Å². The van der Waals surface area contributed by atoms with Crippen LogP contribution < -0.4 is 21.7 Å². The van der Waals surface area contributed by atoms with E-state index in [1.54, 1.807) is 18.2 Å². The van der Waals surface area contributed by atoms with Crippen LogP contribution in [0.2, 0.25) is 0 Å². The molecule has 0 spiro atoms. The summed E-state index contributed by atoms with van der Waals surface area (Å²) in [7, 11) is -4.08. The minimum atomic E-state index is -4.08. The molecular weight excluding hydrogens is 697 g/mol. The monoisotopic (exact) mass is 748 g/mol. The summed E-state index contributed by atoms with van der Waals surface area (Å²) >= 11 is 0. The zero-order valence-corrected chi connectivity index (χ0v) is 31.7. The van der Waals surface area contributed by atoms with E-state index in [4.69, 9.17) is 9.92 Å². The van der Waals surface area contributed by atoms with Gasteiger partial charge in [0.15, 0.2) is 0 Å². The average molecular weight is 749 g/mol. The predicted octanol–water partition coefficient (Wildman–Crippen LogP) is 3.08. The van der Waals surface area contributed by atoms with E-state index in [0.29, 0.717) is 30.3 Å². The Labute approximate surface area is 311 Å². The molecule has 0 radical (unpaired) electrons. The molecule has 4 amide bonds. The number of aromatic nitrogens is 1. The molecule has 1 aliphatic carbocycles. The fourth-order valence-electron chi connectivity index (χ4n) is 7.57. The van der Waals surface area contributed by atoms with Crippen LogP contribution in [0.25, 0.3) is 10.9 Å². The number of fused-ring (bicyclic) bond motifs is 2. The maximum absolute atomic E-state index is 14.1. The highest BCUT2D eigenvalue weighted by atomic mass is 32.2. The molecule has 6 atom stereocenters. The van der Waals surface area contributed by atoms with E-state index in [9.17, 15) is 27.6 Å². The largest absolute Gasteiger partial charge is 0.370 e. The third kappa shape index (κ3) is 11.5. The first-order valence-electron chi connectivity index (χ1n) is 18.3. The van der Waals surface area contributed by atoms with Gasteiger partial charge in [-0.1, -0.05) is 73.9 Å². The third-order valence-electron chi connectivity index (χ3n) is 9.95. The van der Waals surface area contributed by atoms with Crippen molar-refractivity contribution in [1.29, 1.82) is 0 Å². The Morgan fingerprint density at radius 2 is 1.62 bits per heavy atom. The molecule has 0 bridgehead atoms. The highest BCUT2D eigenvalue weighted by Crippen LogP contribution is 2.39. The molecule has 1 aliphatic heterocycles. The standard InChI is InChI=1S/C39H52N6O7S/c1-39(2,3)44-38(49)33-21-27-15-8-9-16-28(27)23-45(33)24-34(52-53(4,50)51)31(20-25-12-6-5-7-13-25)42-37(48)32(22-35(40)46)43-36(47)30-19-18-26-14-10-11-17-29(26)41-30/h5-7,10-14,17-19,27-28,31-34H,8-9,15-16,20-24H2,1-4H3,(H2,40,46)(H,42,48)(H,43,47)(H,44,49)/t27-,28+,31-,32-,33-,34+/m0/s1. The second-order valence-electron chi connectivity index (χ2n) is 15.5. The first-order chi connectivity index (χ1) is 25.0. The van der Waals surface area contributed by atoms with Crippen LogP contribution in [0.15, 0.2) is 66.7 Å². The number of piperidine rings is 1. The number of primary amides is 1. The molecule has 1 saturated carbocycles. The summed E-state index contributed by atoms with van der Waals surface area (Å²) in [6, 6.07) is 16.8. The van der Waals surface area contributed by atoms with E-state index >= 15 is 0 Å². The Morgan fingerprint density at radius 3 is 2.30 bits per heavy atom. The SMILES string of the molecule is CC(C)(C)NC(=O)[C@@H]1C[C@@H]2CCCC[C@@H]2CN1C[C@@H](OS(C)(=O)=O)[C@H](Cc1ccccc1)NC(=O)[C@H](CC(N)=O)NC(=O)c1ccc2ccccc2n1. The number of carbonyl (C=O) groups is 4. The molecular formula is C39H52N6O7S. The number of hydrogen-bond donors (Lipinski definition) is 4. The summed E-state index contributed by atoms with van der Waals surface area (Å²) in [5, 5.41) is 9.45. The molecule has 1 aromatic heterocycles. The predicted molar refractivity (Wildman–Crippen MR) is 202 cm³/mol. The highest BCUT2D eigenvalue weighted by Gasteiger charge is 2.43. The van der Waals surface area contributed by atoms with Gasteiger partial charge in [-0.05, 0) is 69.6 Å².